The summed E-state index contributed by atoms with van der Waals surface area (Å²) in [4.78, 5) is 15.3. The number of aromatic carboxylic acids is 1. The molecule has 25 heteroatoms. The molecule has 0 aliphatic heterocycles. The minimum Gasteiger partial charge on any atom is -0.478 e. The SMILES string of the molecule is Fc1c(F)c(F)c([B-](c2c(F)c(F)c(F)c(F)c2F)(c2c(F)c(F)c(F)c(F)c2F)c2c(F)c(F)c(F)c(F)c2F)c(F)c1F.O=C(O)c1cccc(-c2cncc[n+]2Cc2ccccc2)c1. The van der Waals surface area contributed by atoms with E-state index in [1.807, 2.05) is 30.5 Å². The molecule has 1 aromatic heterocycles. The zero-order valence-electron chi connectivity index (χ0n) is 32.0. The first-order valence-electron chi connectivity index (χ1n) is 17.9. The standard InChI is InChI=1S/C24BF20.C18H14N2O2/c26-5-1(6(27)14(35)21(42)13(5)34)25(2-7(28)15(36)22(43)16(37)8(2)29,3-9(30)17(38)23(44)18(39)10(3)31)4-11(32)19(40)24(45)20(41)12(4)33;21-18(22)16-8-4-7-15(11-16)17-12-19-9-10-20(17)13-14-5-2-1-3-6-14/h;1-12H,13H2/q-1;/p+1. The van der Waals surface area contributed by atoms with Crippen molar-refractivity contribution in [3.8, 4) is 11.3 Å². The fourth-order valence-electron chi connectivity index (χ4n) is 7.23. The summed E-state index contributed by atoms with van der Waals surface area (Å²) in [6, 6.07) is 17.0. The van der Waals surface area contributed by atoms with Gasteiger partial charge < -0.3 is 5.11 Å². The van der Waals surface area contributed by atoms with Crippen LogP contribution in [0.1, 0.15) is 15.9 Å². The van der Waals surface area contributed by atoms with E-state index in [2.05, 4.69) is 21.7 Å². The first-order valence-corrected chi connectivity index (χ1v) is 17.9. The van der Waals surface area contributed by atoms with Gasteiger partial charge in [0.1, 0.15) is 52.7 Å². The Bertz CT molecular complexity index is 2770. The second kappa shape index (κ2) is 18.4. The van der Waals surface area contributed by atoms with Crippen LogP contribution >= 0.6 is 0 Å². The highest BCUT2D eigenvalue weighted by Crippen LogP contribution is 2.31. The summed E-state index contributed by atoms with van der Waals surface area (Å²) in [5.74, 6) is -72.3. The Labute approximate surface area is 359 Å². The van der Waals surface area contributed by atoms with Crippen LogP contribution in [0.25, 0.3) is 11.3 Å². The molecule has 7 rings (SSSR count). The summed E-state index contributed by atoms with van der Waals surface area (Å²) in [6.45, 7) is 0.704. The maximum atomic E-state index is 15.4. The van der Waals surface area contributed by atoms with Gasteiger partial charge in [0.05, 0.1) is 18.0 Å². The quantitative estimate of drug-likeness (QED) is 0.0546. The molecule has 67 heavy (non-hydrogen) atoms. The van der Waals surface area contributed by atoms with Gasteiger partial charge in [-0.25, -0.2) is 92.6 Å². The molecule has 7 aromatic rings. The van der Waals surface area contributed by atoms with E-state index >= 15 is 35.1 Å². The van der Waals surface area contributed by atoms with E-state index in [-0.39, 0.29) is 5.56 Å². The van der Waals surface area contributed by atoms with Gasteiger partial charge in [0.2, 0.25) is 5.69 Å². The molecule has 0 fully saturated rings. The number of benzene rings is 6. The van der Waals surface area contributed by atoms with E-state index in [0.29, 0.717) is 6.54 Å². The molecule has 1 heterocycles. The Kier molecular flexibility index (Phi) is 13.5. The van der Waals surface area contributed by atoms with Crippen molar-refractivity contribution in [2.24, 2.45) is 0 Å². The molecule has 4 nitrogen and oxygen atoms in total. The van der Waals surface area contributed by atoms with Gasteiger partial charge >= 0.3 is 5.97 Å². The van der Waals surface area contributed by atoms with Crippen LogP contribution in [0.5, 0.6) is 0 Å². The van der Waals surface area contributed by atoms with E-state index < -0.39 is 150 Å². The van der Waals surface area contributed by atoms with Crippen LogP contribution in [0.2, 0.25) is 0 Å². The second-order valence-electron chi connectivity index (χ2n) is 13.8. The van der Waals surface area contributed by atoms with Gasteiger partial charge in [0.15, 0.2) is 82.5 Å². The molecule has 0 unspecified atom stereocenters. The van der Waals surface area contributed by atoms with E-state index in [1.165, 1.54) is 5.56 Å². The molecular weight excluding hydrogens is 955 g/mol. The Morgan fingerprint density at radius 1 is 0.448 bits per heavy atom. The third-order valence-corrected chi connectivity index (χ3v) is 10.1. The molecule has 1 N–H and O–H groups in total. The van der Waals surface area contributed by atoms with E-state index in [0.717, 1.165) is 11.3 Å². The maximum Gasteiger partial charge on any atom is 0.335 e. The highest BCUT2D eigenvalue weighted by Gasteiger charge is 2.52. The Morgan fingerprint density at radius 2 is 0.776 bits per heavy atom. The number of aromatic nitrogens is 2. The molecule has 0 amide bonds. The lowest BCUT2D eigenvalue weighted by atomic mass is 9.12. The zero-order valence-corrected chi connectivity index (χ0v) is 32.0. The van der Waals surface area contributed by atoms with Gasteiger partial charge in [-0.1, -0.05) is 36.4 Å². The van der Waals surface area contributed by atoms with Crippen LogP contribution in [0.3, 0.4) is 0 Å². The second-order valence-corrected chi connectivity index (χ2v) is 13.8. The number of halogens is 20. The van der Waals surface area contributed by atoms with Crippen LogP contribution in [0.4, 0.5) is 87.8 Å². The molecule has 0 aliphatic carbocycles. The number of carbonyl (C=O) groups is 1. The van der Waals surface area contributed by atoms with Crippen molar-refractivity contribution in [2.45, 2.75) is 6.54 Å². The molecular formula is C42H15BF20N2O2. The van der Waals surface area contributed by atoms with Crippen molar-refractivity contribution >= 4 is 34.0 Å². The highest BCUT2D eigenvalue weighted by atomic mass is 19.2. The van der Waals surface area contributed by atoms with Crippen molar-refractivity contribution in [1.82, 2.24) is 4.98 Å². The summed E-state index contributed by atoms with van der Waals surface area (Å²) in [5, 5.41) is 9.14. The number of nitrogens with zero attached hydrogens (tertiary/aromatic N) is 2. The van der Waals surface area contributed by atoms with E-state index in [9.17, 15) is 57.5 Å². The van der Waals surface area contributed by atoms with Crippen LogP contribution < -0.4 is 26.4 Å². The summed E-state index contributed by atoms with van der Waals surface area (Å²) in [5.41, 5.74) is -11.2. The van der Waals surface area contributed by atoms with Crippen LogP contribution in [-0.2, 0) is 6.54 Å². The van der Waals surface area contributed by atoms with Gasteiger partial charge in [-0.3, -0.25) is 4.98 Å². The van der Waals surface area contributed by atoms with Crippen LogP contribution in [-0.4, -0.2) is 22.2 Å². The largest absolute Gasteiger partial charge is 0.478 e. The Balaban J connectivity index is 0.000000279. The van der Waals surface area contributed by atoms with Crippen molar-refractivity contribution in [2.75, 3.05) is 0 Å². The van der Waals surface area contributed by atoms with Crippen LogP contribution in [0, 0.1) is 116 Å². The number of hydrogen-bond donors (Lipinski definition) is 1. The molecule has 0 radical (unpaired) electrons. The minimum atomic E-state index is -7.22. The molecule has 348 valence electrons. The zero-order chi connectivity index (χ0) is 49.7. The lowest BCUT2D eigenvalue weighted by Gasteiger charge is -2.44. The van der Waals surface area contributed by atoms with E-state index in [1.54, 1.807) is 30.6 Å². The molecule has 0 saturated carbocycles. The summed E-state index contributed by atoms with van der Waals surface area (Å²) < 4.78 is 296. The summed E-state index contributed by atoms with van der Waals surface area (Å²) >= 11 is 0. The Morgan fingerprint density at radius 3 is 1.10 bits per heavy atom. The van der Waals surface area contributed by atoms with Crippen molar-refractivity contribution in [1.29, 1.82) is 0 Å². The van der Waals surface area contributed by atoms with Crippen molar-refractivity contribution in [3.63, 3.8) is 0 Å². The molecule has 0 aliphatic rings. The van der Waals surface area contributed by atoms with Crippen LogP contribution in [0.15, 0.2) is 73.2 Å². The predicted octanol–water partition coefficient (Wildman–Crippen LogP) is 8.63. The van der Waals surface area contributed by atoms with Crippen molar-refractivity contribution in [3.05, 3.63) is 201 Å². The average molecular weight is 970 g/mol. The van der Waals surface area contributed by atoms with Crippen molar-refractivity contribution < 1.29 is 102 Å². The normalized spacial score (nSPS) is 11.5. The van der Waals surface area contributed by atoms with Gasteiger partial charge in [-0.05, 0) is 18.2 Å². The Hall–Kier alpha value is -7.47. The summed E-state index contributed by atoms with van der Waals surface area (Å²) in [7, 11) is 0. The summed E-state index contributed by atoms with van der Waals surface area (Å²) in [6.07, 6.45) is -1.83. The first kappa shape index (κ1) is 49.0. The fourth-order valence-corrected chi connectivity index (χ4v) is 7.23. The highest BCUT2D eigenvalue weighted by molar-refractivity contribution is 7.20. The first-order chi connectivity index (χ1) is 31.4. The number of hydrogen-bond acceptors (Lipinski definition) is 2. The number of carboxylic acids is 1. The van der Waals surface area contributed by atoms with Gasteiger partial charge in [-0.15, -0.1) is 21.9 Å². The van der Waals surface area contributed by atoms with Gasteiger partial charge in [0, 0.05) is 11.1 Å². The monoisotopic (exact) mass is 970 g/mol. The molecule has 0 bridgehead atoms. The van der Waals surface area contributed by atoms with E-state index in [4.69, 9.17) is 5.11 Å². The maximum absolute atomic E-state index is 15.4. The average Bonchev–Trinajstić information content (AvgIpc) is 3.32. The van der Waals surface area contributed by atoms with Gasteiger partial charge in [0.25, 0.3) is 0 Å². The predicted molar refractivity (Wildman–Crippen MR) is 192 cm³/mol. The smallest absolute Gasteiger partial charge is 0.335 e. The number of carboxylic acid groups (broad SMARTS) is 1. The topological polar surface area (TPSA) is 54.1 Å². The van der Waals surface area contributed by atoms with Gasteiger partial charge in [-0.2, -0.15) is 4.57 Å². The minimum absolute atomic E-state index is 0.271. The lowest BCUT2D eigenvalue weighted by Crippen LogP contribution is -2.81. The molecule has 0 spiro atoms. The fraction of sp³-hybridized carbons (Fsp3) is 0.0238. The third-order valence-electron chi connectivity index (χ3n) is 10.1. The molecule has 0 saturated heterocycles. The molecule has 6 aromatic carbocycles. The third kappa shape index (κ3) is 7.94. The molecule has 0 atom stereocenters. The lowest BCUT2D eigenvalue weighted by molar-refractivity contribution is -0.678. The number of rotatable bonds is 8.